The van der Waals surface area contributed by atoms with Crippen molar-refractivity contribution in [3.05, 3.63) is 35.9 Å². The van der Waals surface area contributed by atoms with Gasteiger partial charge < -0.3 is 10.4 Å². The summed E-state index contributed by atoms with van der Waals surface area (Å²) in [4.78, 5) is 11.4. The topological polar surface area (TPSA) is 49.3 Å². The number of hydrogen-bond acceptors (Lipinski definition) is 2. The van der Waals surface area contributed by atoms with Gasteiger partial charge in [0.2, 0.25) is 0 Å². The van der Waals surface area contributed by atoms with Crippen LogP contribution in [-0.4, -0.2) is 24.2 Å². The zero-order valence-corrected chi connectivity index (χ0v) is 10.5. The van der Waals surface area contributed by atoms with Crippen LogP contribution in [0.3, 0.4) is 0 Å². The fraction of sp³-hybridized carbons (Fsp3) is 0.400. The summed E-state index contributed by atoms with van der Waals surface area (Å²) >= 11 is 0. The van der Waals surface area contributed by atoms with E-state index >= 15 is 0 Å². The highest BCUT2D eigenvalue weighted by Crippen LogP contribution is 1.97. The molecule has 0 aliphatic carbocycles. The summed E-state index contributed by atoms with van der Waals surface area (Å²) in [7, 11) is 0. The zero-order valence-electron chi connectivity index (χ0n) is 10.5. The molecule has 2 N–H and O–H groups in total. The lowest BCUT2D eigenvalue weighted by molar-refractivity contribution is -0.115. The third-order valence-corrected chi connectivity index (χ3v) is 2.46. The molecule has 0 spiro atoms. The van der Waals surface area contributed by atoms with Crippen LogP contribution < -0.4 is 5.32 Å². The first kappa shape index (κ1) is 14.3. The van der Waals surface area contributed by atoms with E-state index in [9.17, 15) is 4.79 Å². The monoisotopic (exact) mass is 245 g/mol. The molecule has 18 heavy (non-hydrogen) atoms. The summed E-state index contributed by atoms with van der Waals surface area (Å²) in [6.45, 7) is 0.892. The van der Waals surface area contributed by atoms with Gasteiger partial charge in [-0.25, -0.2) is 0 Å². The smallest absolute Gasteiger partial charge is 0.296 e. The van der Waals surface area contributed by atoms with Gasteiger partial charge in [-0.15, -0.1) is 0 Å². The lowest BCUT2D eigenvalue weighted by Crippen LogP contribution is -2.22. The zero-order chi connectivity index (χ0) is 13.1. The van der Waals surface area contributed by atoms with E-state index in [1.807, 2.05) is 30.3 Å². The van der Waals surface area contributed by atoms with Crippen molar-refractivity contribution in [1.29, 1.82) is 0 Å². The molecule has 0 radical (unpaired) electrons. The van der Waals surface area contributed by atoms with Crippen LogP contribution in [-0.2, 0) is 4.79 Å². The molecular formula is C15H19NO2. The Kier molecular flexibility index (Phi) is 7.34. The molecule has 3 nitrogen and oxygen atoms in total. The Morgan fingerprint density at radius 2 is 1.83 bits per heavy atom. The fourth-order valence-electron chi connectivity index (χ4n) is 1.49. The highest BCUT2D eigenvalue weighted by atomic mass is 16.2. The minimum Gasteiger partial charge on any atom is -0.396 e. The fourth-order valence-corrected chi connectivity index (χ4v) is 1.49. The average molecular weight is 245 g/mol. The van der Waals surface area contributed by atoms with Crippen LogP contribution in [0.4, 0.5) is 0 Å². The molecule has 0 unspecified atom stereocenters. The van der Waals surface area contributed by atoms with Crippen molar-refractivity contribution in [2.24, 2.45) is 0 Å². The highest BCUT2D eigenvalue weighted by Gasteiger charge is 1.94. The van der Waals surface area contributed by atoms with E-state index in [2.05, 4.69) is 17.2 Å². The second-order valence-corrected chi connectivity index (χ2v) is 4.01. The summed E-state index contributed by atoms with van der Waals surface area (Å²) in [6, 6.07) is 9.44. The van der Waals surface area contributed by atoms with Gasteiger partial charge in [-0.2, -0.15) is 0 Å². The first-order chi connectivity index (χ1) is 8.83. The van der Waals surface area contributed by atoms with Gasteiger partial charge >= 0.3 is 0 Å². The molecule has 0 atom stereocenters. The van der Waals surface area contributed by atoms with Crippen molar-refractivity contribution in [2.75, 3.05) is 13.2 Å². The minimum absolute atomic E-state index is 0.235. The molecule has 1 rings (SSSR count). The van der Waals surface area contributed by atoms with Crippen LogP contribution in [0.15, 0.2) is 30.3 Å². The van der Waals surface area contributed by atoms with Crippen molar-refractivity contribution in [2.45, 2.75) is 25.7 Å². The van der Waals surface area contributed by atoms with Gasteiger partial charge in [-0.05, 0) is 25.0 Å². The lowest BCUT2D eigenvalue weighted by Gasteiger charge is -2.00. The molecule has 0 heterocycles. The molecule has 0 aromatic heterocycles. The van der Waals surface area contributed by atoms with Crippen molar-refractivity contribution in [3.8, 4) is 11.8 Å². The minimum atomic E-state index is -0.235. The predicted molar refractivity (Wildman–Crippen MR) is 71.9 cm³/mol. The van der Waals surface area contributed by atoms with Crippen LogP contribution in [0.5, 0.6) is 0 Å². The molecular weight excluding hydrogens is 226 g/mol. The number of aliphatic hydroxyl groups is 1. The Morgan fingerprint density at radius 3 is 2.56 bits per heavy atom. The molecule has 0 saturated carbocycles. The molecule has 1 amide bonds. The van der Waals surface area contributed by atoms with Gasteiger partial charge in [0.1, 0.15) is 0 Å². The van der Waals surface area contributed by atoms with Crippen molar-refractivity contribution < 1.29 is 9.90 Å². The summed E-state index contributed by atoms with van der Waals surface area (Å²) < 4.78 is 0. The van der Waals surface area contributed by atoms with Gasteiger partial charge in [0.25, 0.3) is 5.91 Å². The number of amides is 1. The van der Waals surface area contributed by atoms with Crippen LogP contribution in [0.25, 0.3) is 0 Å². The summed E-state index contributed by atoms with van der Waals surface area (Å²) in [5, 5.41) is 11.4. The van der Waals surface area contributed by atoms with Crippen LogP contribution in [0.2, 0.25) is 0 Å². The van der Waals surface area contributed by atoms with Crippen molar-refractivity contribution >= 4 is 5.91 Å². The van der Waals surface area contributed by atoms with Gasteiger partial charge in [0.05, 0.1) is 0 Å². The van der Waals surface area contributed by atoms with E-state index in [0.29, 0.717) is 6.54 Å². The molecule has 0 fully saturated rings. The van der Waals surface area contributed by atoms with Gasteiger partial charge in [0.15, 0.2) is 0 Å². The molecule has 96 valence electrons. The second kappa shape index (κ2) is 9.26. The first-order valence-electron chi connectivity index (χ1n) is 6.28. The van der Waals surface area contributed by atoms with Crippen LogP contribution >= 0.6 is 0 Å². The number of aliphatic hydroxyl groups excluding tert-OH is 1. The number of hydrogen-bond donors (Lipinski definition) is 2. The number of carbonyl (C=O) groups excluding carboxylic acids is 1. The molecule has 0 saturated heterocycles. The Hall–Kier alpha value is -1.79. The van der Waals surface area contributed by atoms with E-state index < -0.39 is 0 Å². The molecule has 0 aliphatic heterocycles. The Labute approximate surface area is 108 Å². The summed E-state index contributed by atoms with van der Waals surface area (Å²) in [6.07, 6.45) is 3.79. The number of unbranched alkanes of at least 4 members (excludes halogenated alkanes) is 3. The van der Waals surface area contributed by atoms with Gasteiger partial charge in [-0.3, -0.25) is 4.79 Å². The predicted octanol–water partition coefficient (Wildman–Crippen LogP) is 1.71. The standard InChI is InChI=1S/C15H19NO2/c17-13-7-2-1-6-12-16-15(18)11-10-14-8-4-3-5-9-14/h3-5,8-9,17H,1-2,6-7,12-13H2,(H,16,18). The van der Waals surface area contributed by atoms with Crippen LogP contribution in [0, 0.1) is 11.8 Å². The van der Waals surface area contributed by atoms with E-state index in [1.54, 1.807) is 0 Å². The number of rotatable bonds is 6. The largest absolute Gasteiger partial charge is 0.396 e. The molecule has 0 bridgehead atoms. The van der Waals surface area contributed by atoms with Crippen LogP contribution in [0.1, 0.15) is 31.2 Å². The quantitative estimate of drug-likeness (QED) is 0.592. The highest BCUT2D eigenvalue weighted by molar-refractivity contribution is 5.94. The van der Waals surface area contributed by atoms with Gasteiger partial charge in [0, 0.05) is 24.6 Å². The van der Waals surface area contributed by atoms with Crippen molar-refractivity contribution in [3.63, 3.8) is 0 Å². The SMILES string of the molecule is O=C(C#Cc1ccccc1)NCCCCCCO. The third-order valence-electron chi connectivity index (χ3n) is 2.46. The number of nitrogens with one attached hydrogen (secondary N) is 1. The van der Waals surface area contributed by atoms with E-state index in [1.165, 1.54) is 0 Å². The van der Waals surface area contributed by atoms with E-state index in [4.69, 9.17) is 5.11 Å². The maximum Gasteiger partial charge on any atom is 0.296 e. The Morgan fingerprint density at radius 1 is 1.11 bits per heavy atom. The maximum atomic E-state index is 11.4. The Bertz CT molecular complexity index is 403. The summed E-state index contributed by atoms with van der Waals surface area (Å²) in [5.74, 6) is 5.14. The molecule has 3 heteroatoms. The van der Waals surface area contributed by atoms with Crippen molar-refractivity contribution in [1.82, 2.24) is 5.32 Å². The first-order valence-corrected chi connectivity index (χ1v) is 6.28. The second-order valence-electron chi connectivity index (χ2n) is 4.01. The normalized spacial score (nSPS) is 9.39. The Balaban J connectivity index is 2.16. The third kappa shape index (κ3) is 6.72. The number of carbonyl (C=O) groups is 1. The molecule has 0 aliphatic rings. The number of benzene rings is 1. The molecule has 1 aromatic carbocycles. The van der Waals surface area contributed by atoms with E-state index in [0.717, 1.165) is 31.2 Å². The lowest BCUT2D eigenvalue weighted by atomic mass is 10.2. The summed E-state index contributed by atoms with van der Waals surface area (Å²) in [5.41, 5.74) is 0.843. The maximum absolute atomic E-state index is 11.4. The molecule has 1 aromatic rings. The average Bonchev–Trinajstić information content (AvgIpc) is 2.41. The van der Waals surface area contributed by atoms with E-state index in [-0.39, 0.29) is 12.5 Å². The van der Waals surface area contributed by atoms with Gasteiger partial charge in [-0.1, -0.05) is 37.0 Å².